The Morgan fingerprint density at radius 3 is 2.62 bits per heavy atom. The van der Waals surface area contributed by atoms with Crippen LogP contribution in [0.2, 0.25) is 0 Å². The third kappa shape index (κ3) is 7.79. The molecule has 76 valence electrons. The van der Waals surface area contributed by atoms with Crippen LogP contribution < -0.4 is 0 Å². The first-order valence-electron chi connectivity index (χ1n) is 5.08. The summed E-state index contributed by atoms with van der Waals surface area (Å²) in [6, 6.07) is 0. The molecule has 13 heavy (non-hydrogen) atoms. The van der Waals surface area contributed by atoms with Gasteiger partial charge in [0.1, 0.15) is 0 Å². The lowest BCUT2D eigenvalue weighted by Crippen LogP contribution is -2.08. The maximum atomic E-state index is 9.57. The molecule has 0 spiro atoms. The Morgan fingerprint density at radius 1 is 1.54 bits per heavy atom. The van der Waals surface area contributed by atoms with E-state index in [2.05, 4.69) is 20.4 Å². The van der Waals surface area contributed by atoms with Gasteiger partial charge in [-0.3, -0.25) is 0 Å². The third-order valence-electron chi connectivity index (χ3n) is 2.03. The fourth-order valence-corrected chi connectivity index (χ4v) is 1.38. The van der Waals surface area contributed by atoms with E-state index in [-0.39, 0.29) is 6.10 Å². The van der Waals surface area contributed by atoms with Gasteiger partial charge in [0, 0.05) is 0 Å². The molecule has 0 saturated carbocycles. The minimum absolute atomic E-state index is 0.307. The summed E-state index contributed by atoms with van der Waals surface area (Å²) in [5, 5.41) is 9.57. The first-order valence-corrected chi connectivity index (χ1v) is 5.08. The van der Waals surface area contributed by atoms with Crippen molar-refractivity contribution in [3.63, 3.8) is 0 Å². The monoisotopic (exact) mass is 182 g/mol. The number of allylic oxidation sites excluding steroid dienone is 2. The molecule has 0 fully saturated rings. The number of hydrogen-bond acceptors (Lipinski definition) is 1. The Hall–Kier alpha value is -0.560. The molecule has 1 heteroatoms. The van der Waals surface area contributed by atoms with Crippen molar-refractivity contribution in [2.45, 2.75) is 46.1 Å². The largest absolute Gasteiger partial charge is 0.389 e. The van der Waals surface area contributed by atoms with Gasteiger partial charge in [-0.15, -0.1) is 0 Å². The van der Waals surface area contributed by atoms with E-state index in [4.69, 9.17) is 0 Å². The van der Waals surface area contributed by atoms with Crippen molar-refractivity contribution in [2.75, 3.05) is 0 Å². The van der Waals surface area contributed by atoms with Crippen LogP contribution in [0.3, 0.4) is 0 Å². The third-order valence-corrected chi connectivity index (χ3v) is 2.03. The zero-order chi connectivity index (χ0) is 10.3. The quantitative estimate of drug-likeness (QED) is 0.625. The van der Waals surface area contributed by atoms with E-state index < -0.39 is 0 Å². The van der Waals surface area contributed by atoms with E-state index in [1.807, 2.05) is 19.1 Å². The molecule has 0 amide bonds. The Morgan fingerprint density at radius 2 is 2.15 bits per heavy atom. The van der Waals surface area contributed by atoms with E-state index in [1.165, 1.54) is 12.8 Å². The number of aliphatic hydroxyl groups is 1. The zero-order valence-corrected chi connectivity index (χ0v) is 9.09. The average molecular weight is 182 g/mol. The van der Waals surface area contributed by atoms with Crippen molar-refractivity contribution in [3.05, 3.63) is 24.3 Å². The molecular weight excluding hydrogens is 160 g/mol. The van der Waals surface area contributed by atoms with Crippen LogP contribution in [0.1, 0.15) is 40.0 Å². The standard InChI is InChI=1S/C12H22O/c1-5-6-11(4)9-12(13)8-7-10(2)3/h7-8,11-13H,2,5-6,9H2,1,3-4H3/b8-7+. The summed E-state index contributed by atoms with van der Waals surface area (Å²) in [4.78, 5) is 0. The minimum atomic E-state index is -0.307. The highest BCUT2D eigenvalue weighted by atomic mass is 16.3. The van der Waals surface area contributed by atoms with Crippen molar-refractivity contribution in [2.24, 2.45) is 5.92 Å². The van der Waals surface area contributed by atoms with Gasteiger partial charge in [-0.05, 0) is 19.3 Å². The van der Waals surface area contributed by atoms with Crippen molar-refractivity contribution < 1.29 is 5.11 Å². The molecule has 2 unspecified atom stereocenters. The maximum Gasteiger partial charge on any atom is 0.0726 e. The molecule has 0 radical (unpaired) electrons. The second-order valence-electron chi connectivity index (χ2n) is 3.90. The van der Waals surface area contributed by atoms with Crippen molar-refractivity contribution in [1.29, 1.82) is 0 Å². The summed E-state index contributed by atoms with van der Waals surface area (Å²) in [6.07, 6.45) is 6.64. The van der Waals surface area contributed by atoms with Crippen molar-refractivity contribution >= 4 is 0 Å². The molecule has 0 aromatic carbocycles. The lowest BCUT2D eigenvalue weighted by Gasteiger charge is -2.12. The van der Waals surface area contributed by atoms with Crippen LogP contribution in [0, 0.1) is 5.92 Å². The van der Waals surface area contributed by atoms with Crippen molar-refractivity contribution in [3.8, 4) is 0 Å². The fourth-order valence-electron chi connectivity index (χ4n) is 1.38. The molecule has 0 aliphatic carbocycles. The average Bonchev–Trinajstić information content (AvgIpc) is 2.01. The second kappa shape index (κ2) is 6.90. The number of rotatable bonds is 6. The topological polar surface area (TPSA) is 20.2 Å². The molecule has 0 aliphatic heterocycles. The lowest BCUT2D eigenvalue weighted by atomic mass is 9.98. The SMILES string of the molecule is C=C(C)/C=C/C(O)CC(C)CCC. The predicted molar refractivity (Wildman–Crippen MR) is 58.6 cm³/mol. The highest BCUT2D eigenvalue weighted by Gasteiger charge is 2.05. The summed E-state index contributed by atoms with van der Waals surface area (Å²) in [6.45, 7) is 10.0. The normalized spacial score (nSPS) is 16.0. The molecule has 1 nitrogen and oxygen atoms in total. The van der Waals surface area contributed by atoms with Gasteiger partial charge < -0.3 is 5.11 Å². The molecule has 0 rings (SSSR count). The molecular formula is C12H22O. The van der Waals surface area contributed by atoms with Gasteiger partial charge in [-0.25, -0.2) is 0 Å². The summed E-state index contributed by atoms with van der Waals surface area (Å²) in [5.41, 5.74) is 0.988. The van der Waals surface area contributed by atoms with Crippen LogP contribution in [-0.4, -0.2) is 11.2 Å². The molecule has 2 atom stereocenters. The smallest absolute Gasteiger partial charge is 0.0726 e. The first kappa shape index (κ1) is 12.4. The molecule has 0 saturated heterocycles. The fraction of sp³-hybridized carbons (Fsp3) is 0.667. The van der Waals surface area contributed by atoms with Gasteiger partial charge >= 0.3 is 0 Å². The van der Waals surface area contributed by atoms with Gasteiger partial charge in [0.05, 0.1) is 6.10 Å². The lowest BCUT2D eigenvalue weighted by molar-refractivity contribution is 0.188. The van der Waals surface area contributed by atoms with Crippen molar-refractivity contribution in [1.82, 2.24) is 0 Å². The Bertz CT molecular complexity index is 170. The highest BCUT2D eigenvalue weighted by molar-refractivity contribution is 5.12. The van der Waals surface area contributed by atoms with E-state index in [0.717, 1.165) is 12.0 Å². The molecule has 0 aromatic rings. The molecule has 0 heterocycles. The number of aliphatic hydroxyl groups excluding tert-OH is 1. The van der Waals surface area contributed by atoms with Crippen LogP contribution in [0.15, 0.2) is 24.3 Å². The van der Waals surface area contributed by atoms with Gasteiger partial charge in [0.15, 0.2) is 0 Å². The molecule has 0 bridgehead atoms. The van der Waals surface area contributed by atoms with Gasteiger partial charge in [-0.1, -0.05) is 51.0 Å². The molecule has 1 N–H and O–H groups in total. The Kier molecular flexibility index (Phi) is 6.61. The van der Waals surface area contributed by atoms with Gasteiger partial charge in [-0.2, -0.15) is 0 Å². The summed E-state index contributed by atoms with van der Waals surface area (Å²) < 4.78 is 0. The van der Waals surface area contributed by atoms with Crippen LogP contribution in [0.25, 0.3) is 0 Å². The van der Waals surface area contributed by atoms with Gasteiger partial charge in [0.25, 0.3) is 0 Å². The van der Waals surface area contributed by atoms with Crippen LogP contribution in [0.5, 0.6) is 0 Å². The summed E-state index contributed by atoms with van der Waals surface area (Å²) in [5.74, 6) is 0.606. The predicted octanol–water partition coefficient (Wildman–Crippen LogP) is 3.31. The first-order chi connectivity index (χ1) is 6.06. The summed E-state index contributed by atoms with van der Waals surface area (Å²) in [7, 11) is 0. The van der Waals surface area contributed by atoms with E-state index in [9.17, 15) is 5.11 Å². The highest BCUT2D eigenvalue weighted by Crippen LogP contribution is 2.13. The molecule has 0 aromatic heterocycles. The summed E-state index contributed by atoms with van der Waals surface area (Å²) >= 11 is 0. The maximum absolute atomic E-state index is 9.57. The van der Waals surface area contributed by atoms with Gasteiger partial charge in [0.2, 0.25) is 0 Å². The molecule has 0 aliphatic rings. The zero-order valence-electron chi connectivity index (χ0n) is 9.09. The Labute approximate surface area is 82.2 Å². The van der Waals surface area contributed by atoms with Crippen LogP contribution in [0.4, 0.5) is 0 Å². The number of hydrogen-bond donors (Lipinski definition) is 1. The van der Waals surface area contributed by atoms with E-state index in [1.54, 1.807) is 0 Å². The van der Waals surface area contributed by atoms with Crippen LogP contribution in [-0.2, 0) is 0 Å². The second-order valence-corrected chi connectivity index (χ2v) is 3.90. The van der Waals surface area contributed by atoms with E-state index in [0.29, 0.717) is 5.92 Å². The minimum Gasteiger partial charge on any atom is -0.389 e. The Balaban J connectivity index is 3.72. The van der Waals surface area contributed by atoms with E-state index >= 15 is 0 Å². The van der Waals surface area contributed by atoms with Crippen LogP contribution >= 0.6 is 0 Å².